The molecule has 0 saturated carbocycles. The second-order valence-electron chi connectivity index (χ2n) is 7.34. The van der Waals surface area contributed by atoms with Crippen molar-refractivity contribution in [3.05, 3.63) is 102 Å². The van der Waals surface area contributed by atoms with Crippen molar-refractivity contribution >= 4 is 28.0 Å². The summed E-state index contributed by atoms with van der Waals surface area (Å²) in [5, 5.41) is 1.91. The number of ether oxygens (including phenoxy) is 1. The van der Waals surface area contributed by atoms with Gasteiger partial charge in [-0.1, -0.05) is 72.3 Å². The van der Waals surface area contributed by atoms with Gasteiger partial charge in [0.25, 0.3) is 10.1 Å². The van der Waals surface area contributed by atoms with Gasteiger partial charge in [0.2, 0.25) is 0 Å². The van der Waals surface area contributed by atoms with Crippen LogP contribution in [0.2, 0.25) is 0 Å². The van der Waals surface area contributed by atoms with Gasteiger partial charge in [-0.3, -0.25) is 9.39 Å². The second kappa shape index (κ2) is 11.0. The molecule has 1 aliphatic rings. The highest BCUT2D eigenvalue weighted by Crippen LogP contribution is 2.29. The number of hydrogen-bond acceptors (Lipinski definition) is 5. The first kappa shape index (κ1) is 24.3. The Morgan fingerprint density at radius 3 is 2.21 bits per heavy atom. The fourth-order valence-corrected chi connectivity index (χ4v) is 3.75. The predicted octanol–water partition coefficient (Wildman–Crippen LogP) is 5.41. The zero-order valence-corrected chi connectivity index (χ0v) is 19.6. The van der Waals surface area contributed by atoms with Crippen LogP contribution in [-0.2, 0) is 15.0 Å². The maximum Gasteiger partial charge on any atom is 0.294 e. The molecule has 1 N–H and O–H groups in total. The molecule has 1 aliphatic heterocycles. The van der Waals surface area contributed by atoms with Crippen LogP contribution < -0.4 is 9.80 Å². The standard InChI is InChI=1S/C19H19NO2.C7H8O3S/c1-21-18-13-8-15(9-14-18)7-11-17-12-10-16-5-3-4-6-19(16)20(17)22-2;1-6-2-4-7(5-3-6)11(8,9)10/h3-14,17H,1-2H3;2-5H,1H3,(H,8,9,10). The number of rotatable bonds is 5. The number of hydroxylamine groups is 1. The molecule has 0 aliphatic carbocycles. The van der Waals surface area contributed by atoms with Gasteiger partial charge in [0, 0.05) is 0 Å². The molecule has 0 saturated heterocycles. The van der Waals surface area contributed by atoms with Crippen LogP contribution in [0, 0.1) is 6.92 Å². The van der Waals surface area contributed by atoms with Crippen LogP contribution in [0.5, 0.6) is 5.75 Å². The number of benzene rings is 3. The first-order valence-corrected chi connectivity index (χ1v) is 11.7. The fraction of sp³-hybridized carbons (Fsp3) is 0.154. The van der Waals surface area contributed by atoms with Crippen LogP contribution in [0.15, 0.2) is 89.8 Å². The van der Waals surface area contributed by atoms with Crippen molar-refractivity contribution < 1.29 is 22.5 Å². The van der Waals surface area contributed by atoms with Gasteiger partial charge in [-0.25, -0.2) is 5.06 Å². The van der Waals surface area contributed by atoms with Gasteiger partial charge in [-0.15, -0.1) is 0 Å². The Morgan fingerprint density at radius 2 is 1.61 bits per heavy atom. The molecule has 0 aromatic heterocycles. The number of aryl methyl sites for hydroxylation is 1. The van der Waals surface area contributed by atoms with Crippen LogP contribution in [0.1, 0.15) is 16.7 Å². The van der Waals surface area contributed by atoms with Crippen molar-refractivity contribution in [1.29, 1.82) is 0 Å². The third kappa shape index (κ3) is 6.55. The summed E-state index contributed by atoms with van der Waals surface area (Å²) in [6, 6.07) is 22.2. The molecular weight excluding hydrogens is 438 g/mol. The van der Waals surface area contributed by atoms with E-state index >= 15 is 0 Å². The third-order valence-electron chi connectivity index (χ3n) is 5.04. The number of anilines is 1. The van der Waals surface area contributed by atoms with Crippen molar-refractivity contribution in [3.8, 4) is 5.75 Å². The number of hydrogen-bond donors (Lipinski definition) is 1. The van der Waals surface area contributed by atoms with Crippen LogP contribution in [0.3, 0.4) is 0 Å². The van der Waals surface area contributed by atoms with E-state index in [4.69, 9.17) is 14.1 Å². The van der Waals surface area contributed by atoms with Gasteiger partial charge in [-0.2, -0.15) is 8.42 Å². The number of methoxy groups -OCH3 is 1. The third-order valence-corrected chi connectivity index (χ3v) is 5.90. The highest BCUT2D eigenvalue weighted by atomic mass is 32.2. The van der Waals surface area contributed by atoms with Crippen molar-refractivity contribution in [2.75, 3.05) is 19.3 Å². The second-order valence-corrected chi connectivity index (χ2v) is 8.76. The van der Waals surface area contributed by atoms with Gasteiger partial charge in [0.1, 0.15) is 5.75 Å². The maximum absolute atomic E-state index is 10.5. The first-order chi connectivity index (χ1) is 15.8. The van der Waals surface area contributed by atoms with Gasteiger partial charge in [-0.05, 0) is 48.4 Å². The zero-order chi connectivity index (χ0) is 23.8. The van der Waals surface area contributed by atoms with Gasteiger partial charge in [0.15, 0.2) is 0 Å². The highest BCUT2D eigenvalue weighted by molar-refractivity contribution is 7.85. The first-order valence-electron chi connectivity index (χ1n) is 10.3. The molecule has 3 aromatic rings. The lowest BCUT2D eigenvalue weighted by atomic mass is 10.0. The van der Waals surface area contributed by atoms with Crippen molar-refractivity contribution in [3.63, 3.8) is 0 Å². The molecule has 1 atom stereocenters. The SMILES string of the molecule is COc1ccc(C=CC2C=Cc3ccccc3N2OC)cc1.Cc1ccc(S(=O)(=O)O)cc1. The molecule has 6 nitrogen and oxygen atoms in total. The van der Waals surface area contributed by atoms with Crippen molar-refractivity contribution in [2.24, 2.45) is 0 Å². The molecule has 33 heavy (non-hydrogen) atoms. The Bertz CT molecular complexity index is 1220. The summed E-state index contributed by atoms with van der Waals surface area (Å²) >= 11 is 0. The Balaban J connectivity index is 0.000000235. The minimum atomic E-state index is -4.02. The smallest absolute Gasteiger partial charge is 0.294 e. The molecule has 0 radical (unpaired) electrons. The van der Waals surface area contributed by atoms with Crippen LogP contribution in [-0.4, -0.2) is 33.2 Å². The summed E-state index contributed by atoms with van der Waals surface area (Å²) in [6.07, 6.45) is 8.48. The van der Waals surface area contributed by atoms with Crippen LogP contribution in [0.4, 0.5) is 5.69 Å². The Morgan fingerprint density at radius 1 is 0.939 bits per heavy atom. The summed E-state index contributed by atoms with van der Waals surface area (Å²) in [4.78, 5) is 5.50. The van der Waals surface area contributed by atoms with E-state index in [0.29, 0.717) is 0 Å². The van der Waals surface area contributed by atoms with E-state index in [-0.39, 0.29) is 10.9 Å². The summed E-state index contributed by atoms with van der Waals surface area (Å²) in [6.45, 7) is 1.84. The molecule has 1 heterocycles. The minimum Gasteiger partial charge on any atom is -0.497 e. The minimum absolute atomic E-state index is 0.0666. The molecule has 1 unspecified atom stereocenters. The Hall–Kier alpha value is -3.39. The van der Waals surface area contributed by atoms with E-state index in [0.717, 1.165) is 22.6 Å². The molecule has 172 valence electrons. The lowest BCUT2D eigenvalue weighted by Crippen LogP contribution is -2.33. The van der Waals surface area contributed by atoms with E-state index in [2.05, 4.69) is 36.4 Å². The quantitative estimate of drug-likeness (QED) is 0.508. The molecule has 7 heteroatoms. The largest absolute Gasteiger partial charge is 0.497 e. The number of fused-ring (bicyclic) bond motifs is 1. The van der Waals surface area contributed by atoms with Gasteiger partial charge >= 0.3 is 0 Å². The summed E-state index contributed by atoms with van der Waals surface area (Å²) in [5.41, 5.74) is 4.33. The predicted molar refractivity (Wildman–Crippen MR) is 132 cm³/mol. The fourth-order valence-electron chi connectivity index (χ4n) is 3.27. The van der Waals surface area contributed by atoms with E-state index in [1.54, 1.807) is 26.4 Å². The molecule has 0 bridgehead atoms. The topological polar surface area (TPSA) is 76.1 Å². The zero-order valence-electron chi connectivity index (χ0n) is 18.8. The Kier molecular flexibility index (Phi) is 8.06. The molecule has 4 rings (SSSR count). The lowest BCUT2D eigenvalue weighted by Gasteiger charge is -2.31. The van der Waals surface area contributed by atoms with E-state index in [9.17, 15) is 8.42 Å². The maximum atomic E-state index is 10.5. The van der Waals surface area contributed by atoms with E-state index in [1.807, 2.05) is 48.4 Å². The van der Waals surface area contributed by atoms with Crippen LogP contribution >= 0.6 is 0 Å². The normalized spacial score (nSPS) is 15.0. The number of para-hydroxylation sites is 1. The average molecular weight is 466 g/mol. The van der Waals surface area contributed by atoms with Crippen molar-refractivity contribution in [1.82, 2.24) is 0 Å². The molecule has 0 spiro atoms. The highest BCUT2D eigenvalue weighted by Gasteiger charge is 2.20. The van der Waals surface area contributed by atoms with E-state index < -0.39 is 10.1 Å². The van der Waals surface area contributed by atoms with Gasteiger partial charge < -0.3 is 4.74 Å². The molecule has 0 amide bonds. The average Bonchev–Trinajstić information content (AvgIpc) is 2.82. The summed E-state index contributed by atoms with van der Waals surface area (Å²) < 4.78 is 34.7. The molecule has 0 fully saturated rings. The molecule has 3 aromatic carbocycles. The summed E-state index contributed by atoms with van der Waals surface area (Å²) in [5.74, 6) is 0.863. The number of nitrogens with zero attached hydrogens (tertiary/aromatic N) is 1. The molecular formula is C26H27NO5S. The summed E-state index contributed by atoms with van der Waals surface area (Å²) in [7, 11) is -0.649. The monoisotopic (exact) mass is 465 g/mol. The van der Waals surface area contributed by atoms with E-state index in [1.165, 1.54) is 17.7 Å². The van der Waals surface area contributed by atoms with Crippen molar-refractivity contribution in [2.45, 2.75) is 17.9 Å². The lowest BCUT2D eigenvalue weighted by molar-refractivity contribution is 0.160. The van der Waals surface area contributed by atoms with Crippen LogP contribution in [0.25, 0.3) is 12.2 Å². The van der Waals surface area contributed by atoms with Gasteiger partial charge in [0.05, 0.1) is 30.8 Å². The Labute approximate surface area is 195 Å².